The first-order valence-corrected chi connectivity index (χ1v) is 22.2. The van der Waals surface area contributed by atoms with Gasteiger partial charge in [-0.25, -0.2) is 0 Å². The van der Waals surface area contributed by atoms with E-state index in [1.165, 1.54) is 60.0 Å². The second-order valence-corrected chi connectivity index (χ2v) is 16.9. The van der Waals surface area contributed by atoms with Crippen molar-refractivity contribution >= 4 is 82.4 Å². The third-order valence-corrected chi connectivity index (χ3v) is 13.2. The van der Waals surface area contributed by atoms with E-state index in [-0.39, 0.29) is 0 Å². The molecule has 0 saturated heterocycles. The molecule has 0 amide bonds. The van der Waals surface area contributed by atoms with Crippen LogP contribution >= 0.6 is 0 Å². The molecule has 13 rings (SSSR count). The minimum Gasteiger partial charge on any atom is -0.456 e. The largest absolute Gasteiger partial charge is 0.456 e. The lowest BCUT2D eigenvalue weighted by atomic mass is 9.96. The van der Waals surface area contributed by atoms with Crippen molar-refractivity contribution in [1.82, 2.24) is 4.57 Å². The predicted octanol–water partition coefficient (Wildman–Crippen LogP) is 17.5. The van der Waals surface area contributed by atoms with Crippen LogP contribution in [0.15, 0.2) is 247 Å². The summed E-state index contributed by atoms with van der Waals surface area (Å²) in [6, 6.07) is 87.8. The van der Waals surface area contributed by atoms with Crippen LogP contribution in [0.2, 0.25) is 0 Å². The quantitative estimate of drug-likeness (QED) is 0.149. The van der Waals surface area contributed by atoms with Crippen molar-refractivity contribution in [3.63, 3.8) is 0 Å². The van der Waals surface area contributed by atoms with Crippen molar-refractivity contribution in [3.05, 3.63) is 243 Å². The van der Waals surface area contributed by atoms with E-state index in [2.05, 4.69) is 240 Å². The monoisotopic (exact) mass is 828 g/mol. The van der Waals surface area contributed by atoms with Gasteiger partial charge in [-0.05, 0) is 117 Å². The fraction of sp³-hybridized carbons (Fsp3) is 0. The number of benzene rings is 11. The molecule has 0 unspecified atom stereocenters. The Morgan fingerprint density at radius 3 is 1.60 bits per heavy atom. The third-order valence-electron chi connectivity index (χ3n) is 13.2. The van der Waals surface area contributed by atoms with Crippen LogP contribution < -0.4 is 4.90 Å². The average molecular weight is 829 g/mol. The molecule has 2 heterocycles. The summed E-state index contributed by atoms with van der Waals surface area (Å²) >= 11 is 0. The molecule has 0 fully saturated rings. The van der Waals surface area contributed by atoms with E-state index < -0.39 is 0 Å². The standard InChI is InChI=1S/C62H40N2O/c1-2-17-49-45(14-1)39-60(52-20-4-3-19-51(49)52)64(57-24-9-5-18-50(57)46-32-37-56-55-23-8-12-27-61(55)65-62(56)40-46)48-35-30-42(31-36-48)44-16-13-15-43(38-44)41-28-33-47(34-29-41)63-58-25-10-6-21-53(58)54-22-7-11-26-59(54)63/h1-40H. The van der Waals surface area contributed by atoms with Crippen LogP contribution in [0.25, 0.3) is 104 Å². The van der Waals surface area contributed by atoms with E-state index in [4.69, 9.17) is 4.42 Å². The number of anilines is 3. The van der Waals surface area contributed by atoms with E-state index >= 15 is 0 Å². The maximum Gasteiger partial charge on any atom is 0.136 e. The predicted molar refractivity (Wildman–Crippen MR) is 274 cm³/mol. The lowest BCUT2D eigenvalue weighted by molar-refractivity contribution is 0.669. The zero-order valence-corrected chi connectivity index (χ0v) is 35.4. The molecule has 2 aromatic heterocycles. The van der Waals surface area contributed by atoms with Gasteiger partial charge in [0, 0.05) is 43.9 Å². The van der Waals surface area contributed by atoms with E-state index in [1.807, 2.05) is 12.1 Å². The lowest BCUT2D eigenvalue weighted by Gasteiger charge is -2.29. The van der Waals surface area contributed by atoms with Crippen LogP contribution in [0.3, 0.4) is 0 Å². The van der Waals surface area contributed by atoms with Gasteiger partial charge < -0.3 is 13.9 Å². The van der Waals surface area contributed by atoms with Crippen molar-refractivity contribution in [2.75, 3.05) is 4.90 Å². The van der Waals surface area contributed by atoms with Gasteiger partial charge in [0.05, 0.1) is 22.4 Å². The smallest absolute Gasteiger partial charge is 0.136 e. The summed E-state index contributed by atoms with van der Waals surface area (Å²) in [6.07, 6.45) is 0. The number of para-hydroxylation sites is 4. The number of fused-ring (bicyclic) bond motifs is 9. The minimum absolute atomic E-state index is 0.881. The maximum absolute atomic E-state index is 6.42. The highest BCUT2D eigenvalue weighted by Crippen LogP contribution is 2.46. The summed E-state index contributed by atoms with van der Waals surface area (Å²) in [5.74, 6) is 0. The number of furan rings is 1. The Kier molecular flexibility index (Phi) is 8.53. The number of hydrogen-bond donors (Lipinski definition) is 0. The highest BCUT2D eigenvalue weighted by Gasteiger charge is 2.21. The number of rotatable bonds is 7. The van der Waals surface area contributed by atoms with Crippen molar-refractivity contribution in [2.45, 2.75) is 0 Å². The van der Waals surface area contributed by atoms with Gasteiger partial charge in [0.1, 0.15) is 11.2 Å². The van der Waals surface area contributed by atoms with Gasteiger partial charge in [0.15, 0.2) is 0 Å². The molecule has 0 saturated carbocycles. The molecular weight excluding hydrogens is 789 g/mol. The molecule has 0 aliphatic carbocycles. The van der Waals surface area contributed by atoms with Crippen molar-refractivity contribution < 1.29 is 4.42 Å². The molecule has 11 aromatic carbocycles. The maximum atomic E-state index is 6.42. The Balaban J connectivity index is 0.906. The second kappa shape index (κ2) is 15.0. The number of aromatic nitrogens is 1. The van der Waals surface area contributed by atoms with Crippen LogP contribution in [-0.4, -0.2) is 4.57 Å². The molecule has 13 aromatic rings. The molecular formula is C62H40N2O. The first-order chi connectivity index (χ1) is 32.2. The van der Waals surface area contributed by atoms with Crippen LogP contribution in [0.5, 0.6) is 0 Å². The van der Waals surface area contributed by atoms with Crippen molar-refractivity contribution in [2.24, 2.45) is 0 Å². The summed E-state index contributed by atoms with van der Waals surface area (Å²) in [5.41, 5.74) is 15.5. The molecule has 0 aliphatic rings. The lowest BCUT2D eigenvalue weighted by Crippen LogP contribution is -2.12. The van der Waals surface area contributed by atoms with Gasteiger partial charge in [0.25, 0.3) is 0 Å². The molecule has 0 aliphatic heterocycles. The molecule has 3 heteroatoms. The number of hydrogen-bond acceptors (Lipinski definition) is 2. The molecule has 0 radical (unpaired) electrons. The Bertz CT molecular complexity index is 3900. The topological polar surface area (TPSA) is 21.3 Å². The Labute approximate surface area is 376 Å². The molecule has 0 atom stereocenters. The molecule has 0 spiro atoms. The van der Waals surface area contributed by atoms with Gasteiger partial charge in [-0.15, -0.1) is 0 Å². The minimum atomic E-state index is 0.881. The fourth-order valence-electron chi connectivity index (χ4n) is 10.1. The van der Waals surface area contributed by atoms with Gasteiger partial charge >= 0.3 is 0 Å². The van der Waals surface area contributed by atoms with Crippen LogP contribution in [0.1, 0.15) is 0 Å². The Hall–Kier alpha value is -8.66. The number of nitrogens with zero attached hydrogens (tertiary/aromatic N) is 2. The SMILES string of the molecule is c1cc(-c2ccc(N(c3ccccc3-c3ccc4c(c3)oc3ccccc34)c3cc4ccccc4c4ccccc34)cc2)cc(-c2ccc(-n3c4ccccc4c4ccccc43)cc2)c1. The molecule has 65 heavy (non-hydrogen) atoms. The third kappa shape index (κ3) is 6.12. The van der Waals surface area contributed by atoms with Gasteiger partial charge in [0.2, 0.25) is 0 Å². The summed E-state index contributed by atoms with van der Waals surface area (Å²) < 4.78 is 8.78. The van der Waals surface area contributed by atoms with Crippen LogP contribution in [0.4, 0.5) is 17.1 Å². The Morgan fingerprint density at radius 1 is 0.308 bits per heavy atom. The van der Waals surface area contributed by atoms with E-state index in [0.29, 0.717) is 0 Å². The zero-order chi connectivity index (χ0) is 42.8. The molecule has 3 nitrogen and oxygen atoms in total. The van der Waals surface area contributed by atoms with Crippen molar-refractivity contribution in [3.8, 4) is 39.1 Å². The van der Waals surface area contributed by atoms with E-state index in [1.54, 1.807) is 0 Å². The zero-order valence-electron chi connectivity index (χ0n) is 35.4. The summed E-state index contributed by atoms with van der Waals surface area (Å²) in [5, 5.41) is 9.64. The van der Waals surface area contributed by atoms with Crippen molar-refractivity contribution in [1.29, 1.82) is 0 Å². The molecule has 0 bridgehead atoms. The highest BCUT2D eigenvalue weighted by atomic mass is 16.3. The van der Waals surface area contributed by atoms with E-state index in [9.17, 15) is 0 Å². The fourth-order valence-corrected chi connectivity index (χ4v) is 10.1. The summed E-state index contributed by atoms with van der Waals surface area (Å²) in [7, 11) is 0. The second-order valence-electron chi connectivity index (χ2n) is 16.9. The molecule has 304 valence electrons. The van der Waals surface area contributed by atoms with Gasteiger partial charge in [-0.2, -0.15) is 0 Å². The first-order valence-electron chi connectivity index (χ1n) is 22.2. The normalized spacial score (nSPS) is 11.7. The average Bonchev–Trinajstić information content (AvgIpc) is 3.92. The van der Waals surface area contributed by atoms with E-state index in [0.717, 1.165) is 61.4 Å². The highest BCUT2D eigenvalue weighted by molar-refractivity contribution is 6.15. The van der Waals surface area contributed by atoms with Crippen LogP contribution in [-0.2, 0) is 0 Å². The van der Waals surface area contributed by atoms with Gasteiger partial charge in [-0.3, -0.25) is 0 Å². The van der Waals surface area contributed by atoms with Crippen LogP contribution in [0, 0.1) is 0 Å². The Morgan fingerprint density at radius 2 is 0.862 bits per heavy atom. The van der Waals surface area contributed by atoms with Gasteiger partial charge in [-0.1, -0.05) is 170 Å². The molecule has 0 N–H and O–H groups in total. The first kappa shape index (κ1) is 36.9. The summed E-state index contributed by atoms with van der Waals surface area (Å²) in [6.45, 7) is 0. The summed E-state index contributed by atoms with van der Waals surface area (Å²) in [4.78, 5) is 2.44.